The van der Waals surface area contributed by atoms with Crippen LogP contribution in [0.3, 0.4) is 0 Å². The zero-order valence-electron chi connectivity index (χ0n) is 16.1. The largest absolute Gasteiger partial charge is 0.347 e. The highest BCUT2D eigenvalue weighted by Gasteiger charge is 2.38. The number of nitrogens with one attached hydrogen (secondary N) is 2. The highest BCUT2D eigenvalue weighted by Crippen LogP contribution is 2.31. The standard InChI is InChI=1S/C21H16N4O5/c1-10-3-6-16(11(2)7-10)25-19(28)13-5-4-12(8-14(13)20(25)29)17(26)23-15-9-22-21(30)24-18(15)27/h3-9,15H,1-2H3,(H,23,26)(H,24,27,30). The lowest BCUT2D eigenvalue weighted by atomic mass is 10.0. The highest BCUT2D eigenvalue weighted by molar-refractivity contribution is 6.35. The summed E-state index contributed by atoms with van der Waals surface area (Å²) >= 11 is 0. The molecule has 2 aliphatic rings. The van der Waals surface area contributed by atoms with Gasteiger partial charge in [-0.05, 0) is 43.7 Å². The second-order valence-electron chi connectivity index (χ2n) is 7.02. The summed E-state index contributed by atoms with van der Waals surface area (Å²) in [5.74, 6) is -2.36. The third-order valence-electron chi connectivity index (χ3n) is 4.88. The summed E-state index contributed by atoms with van der Waals surface area (Å²) in [4.78, 5) is 65.6. The topological polar surface area (TPSA) is 125 Å². The smallest absolute Gasteiger partial charge is 0.336 e. The lowest BCUT2D eigenvalue weighted by molar-refractivity contribution is -0.120. The van der Waals surface area contributed by atoms with Crippen LogP contribution in [0.15, 0.2) is 41.4 Å². The Morgan fingerprint density at radius 2 is 1.73 bits per heavy atom. The van der Waals surface area contributed by atoms with E-state index in [1.165, 1.54) is 18.2 Å². The van der Waals surface area contributed by atoms with Crippen molar-refractivity contribution in [1.82, 2.24) is 10.6 Å². The zero-order valence-corrected chi connectivity index (χ0v) is 16.1. The number of aliphatic imine (C=N–C) groups is 1. The van der Waals surface area contributed by atoms with Crippen LogP contribution in [0.5, 0.6) is 0 Å². The molecular weight excluding hydrogens is 388 g/mol. The van der Waals surface area contributed by atoms with Gasteiger partial charge in [0.05, 0.1) is 16.8 Å². The summed E-state index contributed by atoms with van der Waals surface area (Å²) in [6.07, 6.45) is 1.03. The molecule has 6 amide bonds. The Bertz CT molecular complexity index is 1180. The van der Waals surface area contributed by atoms with Crippen molar-refractivity contribution in [3.8, 4) is 0 Å². The molecule has 0 radical (unpaired) electrons. The average molecular weight is 404 g/mol. The lowest BCUT2D eigenvalue weighted by Crippen LogP contribution is -2.51. The van der Waals surface area contributed by atoms with Crippen molar-refractivity contribution in [2.45, 2.75) is 19.9 Å². The van der Waals surface area contributed by atoms with Crippen molar-refractivity contribution in [1.29, 1.82) is 0 Å². The molecule has 0 saturated carbocycles. The number of anilines is 1. The molecule has 1 atom stereocenters. The number of imide groups is 2. The Labute approximate surface area is 170 Å². The van der Waals surface area contributed by atoms with Gasteiger partial charge < -0.3 is 5.32 Å². The quantitative estimate of drug-likeness (QED) is 0.751. The van der Waals surface area contributed by atoms with Crippen LogP contribution in [-0.2, 0) is 4.79 Å². The molecule has 2 heterocycles. The predicted octanol–water partition coefficient (Wildman–Crippen LogP) is 1.52. The molecule has 0 aliphatic carbocycles. The van der Waals surface area contributed by atoms with E-state index in [4.69, 9.17) is 0 Å². The molecule has 0 bridgehead atoms. The first-order valence-electron chi connectivity index (χ1n) is 9.06. The number of amides is 6. The van der Waals surface area contributed by atoms with Gasteiger partial charge in [0.2, 0.25) is 0 Å². The highest BCUT2D eigenvalue weighted by atomic mass is 16.2. The molecule has 2 aromatic carbocycles. The van der Waals surface area contributed by atoms with E-state index in [2.05, 4.69) is 10.3 Å². The fourth-order valence-electron chi connectivity index (χ4n) is 3.41. The molecular formula is C21H16N4O5. The van der Waals surface area contributed by atoms with Gasteiger partial charge in [0, 0.05) is 11.8 Å². The molecule has 0 fully saturated rings. The number of benzene rings is 2. The van der Waals surface area contributed by atoms with Gasteiger partial charge in [-0.15, -0.1) is 0 Å². The third kappa shape index (κ3) is 3.16. The fraction of sp³-hybridized carbons (Fsp3) is 0.143. The summed E-state index contributed by atoms with van der Waals surface area (Å²) in [5, 5.41) is 4.40. The van der Waals surface area contributed by atoms with Gasteiger partial charge in [0.25, 0.3) is 23.6 Å². The number of urea groups is 1. The molecule has 4 rings (SSSR count). The van der Waals surface area contributed by atoms with Gasteiger partial charge >= 0.3 is 6.03 Å². The minimum Gasteiger partial charge on any atom is -0.336 e. The van der Waals surface area contributed by atoms with Gasteiger partial charge in [-0.2, -0.15) is 0 Å². The number of carbonyl (C=O) groups excluding carboxylic acids is 5. The second-order valence-corrected chi connectivity index (χ2v) is 7.02. The van der Waals surface area contributed by atoms with Gasteiger partial charge in [0.15, 0.2) is 0 Å². The number of aryl methyl sites for hydroxylation is 2. The molecule has 0 aromatic heterocycles. The number of fused-ring (bicyclic) bond motifs is 1. The van der Waals surface area contributed by atoms with E-state index >= 15 is 0 Å². The molecule has 0 spiro atoms. The lowest BCUT2D eigenvalue weighted by Gasteiger charge is -2.17. The minimum absolute atomic E-state index is 0.0930. The molecule has 2 aliphatic heterocycles. The summed E-state index contributed by atoms with van der Waals surface area (Å²) in [5.41, 5.74) is 2.65. The minimum atomic E-state index is -1.12. The number of hydrogen-bond donors (Lipinski definition) is 2. The van der Waals surface area contributed by atoms with Crippen molar-refractivity contribution in [2.24, 2.45) is 4.99 Å². The van der Waals surface area contributed by atoms with E-state index in [9.17, 15) is 24.0 Å². The predicted molar refractivity (Wildman–Crippen MR) is 107 cm³/mol. The second kappa shape index (κ2) is 7.03. The Morgan fingerprint density at radius 1 is 1.00 bits per heavy atom. The Balaban J connectivity index is 1.62. The van der Waals surface area contributed by atoms with E-state index in [1.807, 2.05) is 31.3 Å². The Hall–Kier alpha value is -4.14. The first-order chi connectivity index (χ1) is 14.3. The average Bonchev–Trinajstić information content (AvgIpc) is 2.94. The van der Waals surface area contributed by atoms with Crippen LogP contribution in [0.1, 0.15) is 42.2 Å². The number of hydrogen-bond acceptors (Lipinski definition) is 5. The van der Waals surface area contributed by atoms with Crippen LogP contribution in [0.25, 0.3) is 0 Å². The molecule has 1 unspecified atom stereocenters. The summed E-state index contributed by atoms with van der Waals surface area (Å²) in [6.45, 7) is 3.73. The van der Waals surface area contributed by atoms with E-state index < -0.39 is 35.7 Å². The number of rotatable bonds is 3. The number of nitrogens with zero attached hydrogens (tertiary/aromatic N) is 2. The van der Waals surface area contributed by atoms with E-state index in [0.717, 1.165) is 22.2 Å². The molecule has 9 heteroatoms. The Morgan fingerprint density at radius 3 is 2.43 bits per heavy atom. The first-order valence-corrected chi connectivity index (χ1v) is 9.06. The maximum Gasteiger partial charge on any atom is 0.347 e. The maximum atomic E-state index is 12.9. The van der Waals surface area contributed by atoms with Crippen LogP contribution >= 0.6 is 0 Å². The van der Waals surface area contributed by atoms with E-state index in [1.54, 1.807) is 6.07 Å². The normalized spacial score (nSPS) is 17.8. The van der Waals surface area contributed by atoms with Crippen molar-refractivity contribution >= 4 is 41.6 Å². The maximum absolute atomic E-state index is 12.9. The van der Waals surface area contributed by atoms with Gasteiger partial charge in [-0.1, -0.05) is 17.7 Å². The monoisotopic (exact) mass is 404 g/mol. The van der Waals surface area contributed by atoms with Crippen LogP contribution < -0.4 is 15.5 Å². The van der Waals surface area contributed by atoms with Gasteiger partial charge in [0.1, 0.15) is 6.04 Å². The van der Waals surface area contributed by atoms with Crippen molar-refractivity contribution in [2.75, 3.05) is 4.90 Å². The van der Waals surface area contributed by atoms with Crippen molar-refractivity contribution < 1.29 is 24.0 Å². The van der Waals surface area contributed by atoms with Gasteiger partial charge in [-0.3, -0.25) is 24.5 Å². The zero-order chi connectivity index (χ0) is 21.6. The van der Waals surface area contributed by atoms with Crippen LogP contribution in [-0.4, -0.2) is 41.9 Å². The van der Waals surface area contributed by atoms with Gasteiger partial charge in [-0.25, -0.2) is 14.7 Å². The summed E-state index contributed by atoms with van der Waals surface area (Å²) in [7, 11) is 0. The number of carbonyl (C=O) groups is 5. The SMILES string of the molecule is Cc1ccc(N2C(=O)c3ccc(C(=O)NC4C=NC(=O)NC4=O)cc3C2=O)c(C)c1. The first kappa shape index (κ1) is 19.2. The molecule has 30 heavy (non-hydrogen) atoms. The molecule has 150 valence electrons. The fourth-order valence-corrected chi connectivity index (χ4v) is 3.41. The molecule has 2 aromatic rings. The van der Waals surface area contributed by atoms with Crippen LogP contribution in [0, 0.1) is 13.8 Å². The summed E-state index contributed by atoms with van der Waals surface area (Å²) in [6, 6.07) is 7.59. The van der Waals surface area contributed by atoms with Crippen LogP contribution in [0.2, 0.25) is 0 Å². The van der Waals surface area contributed by atoms with E-state index in [0.29, 0.717) is 5.69 Å². The molecule has 2 N–H and O–H groups in total. The third-order valence-corrected chi connectivity index (χ3v) is 4.88. The van der Waals surface area contributed by atoms with E-state index in [-0.39, 0.29) is 16.7 Å². The summed E-state index contributed by atoms with van der Waals surface area (Å²) < 4.78 is 0. The van der Waals surface area contributed by atoms with Crippen molar-refractivity contribution in [3.63, 3.8) is 0 Å². The molecule has 0 saturated heterocycles. The Kier molecular flexibility index (Phi) is 4.50. The molecule has 9 nitrogen and oxygen atoms in total. The van der Waals surface area contributed by atoms with Crippen LogP contribution in [0.4, 0.5) is 10.5 Å². The van der Waals surface area contributed by atoms with Crippen molar-refractivity contribution in [3.05, 3.63) is 64.2 Å².